The molecule has 0 bridgehead atoms. The first-order valence-corrected chi connectivity index (χ1v) is 7.38. The molecular formula is C13H14BrN3O2S. The number of nitrogens with zero attached hydrogens (tertiary/aromatic N) is 2. The Morgan fingerprint density at radius 2 is 2.10 bits per heavy atom. The van der Waals surface area contributed by atoms with Gasteiger partial charge in [0.05, 0.1) is 7.11 Å². The number of hydrogen-bond donors (Lipinski definition) is 1. The van der Waals surface area contributed by atoms with Gasteiger partial charge >= 0.3 is 5.97 Å². The quantitative estimate of drug-likeness (QED) is 0.854. The van der Waals surface area contributed by atoms with Crippen molar-refractivity contribution in [2.24, 2.45) is 0 Å². The molecule has 0 amide bonds. The van der Waals surface area contributed by atoms with Crippen molar-refractivity contribution < 1.29 is 9.53 Å². The molecule has 1 heterocycles. The van der Waals surface area contributed by atoms with Crippen LogP contribution in [0.2, 0.25) is 0 Å². The summed E-state index contributed by atoms with van der Waals surface area (Å²) in [6, 6.07) is 7.99. The second kappa shape index (κ2) is 6.23. The third-order valence-electron chi connectivity index (χ3n) is 2.77. The molecule has 0 atom stereocenters. The highest BCUT2D eigenvalue weighted by Crippen LogP contribution is 2.31. The van der Waals surface area contributed by atoms with E-state index in [0.29, 0.717) is 17.1 Å². The summed E-state index contributed by atoms with van der Waals surface area (Å²) >= 11 is 4.59. The molecule has 2 N–H and O–H groups in total. The third kappa shape index (κ3) is 3.10. The predicted octanol–water partition coefficient (Wildman–Crippen LogP) is 2.91. The minimum absolute atomic E-state index is 0.208. The van der Waals surface area contributed by atoms with Crippen LogP contribution in [0.3, 0.4) is 0 Å². The van der Waals surface area contributed by atoms with Gasteiger partial charge in [-0.15, -0.1) is 0 Å². The molecule has 20 heavy (non-hydrogen) atoms. The van der Waals surface area contributed by atoms with Gasteiger partial charge in [-0.2, -0.15) is 4.37 Å². The normalized spacial score (nSPS) is 10.3. The number of benzene rings is 1. The molecule has 0 spiro atoms. The van der Waals surface area contributed by atoms with E-state index in [2.05, 4.69) is 20.3 Å². The highest BCUT2D eigenvalue weighted by atomic mass is 79.9. The topological polar surface area (TPSA) is 68.5 Å². The van der Waals surface area contributed by atoms with Crippen LogP contribution in [0.5, 0.6) is 0 Å². The van der Waals surface area contributed by atoms with Gasteiger partial charge in [-0.1, -0.05) is 28.1 Å². The van der Waals surface area contributed by atoms with Crippen LogP contribution in [-0.2, 0) is 11.3 Å². The van der Waals surface area contributed by atoms with E-state index in [4.69, 9.17) is 10.5 Å². The van der Waals surface area contributed by atoms with Crippen molar-refractivity contribution >= 4 is 44.3 Å². The van der Waals surface area contributed by atoms with Gasteiger partial charge in [-0.25, -0.2) is 4.79 Å². The van der Waals surface area contributed by atoms with E-state index < -0.39 is 5.97 Å². The summed E-state index contributed by atoms with van der Waals surface area (Å²) in [6.45, 7) is 0.652. The predicted molar refractivity (Wildman–Crippen MR) is 84.1 cm³/mol. The number of nitrogens with two attached hydrogens (primary N) is 1. The van der Waals surface area contributed by atoms with E-state index in [9.17, 15) is 4.79 Å². The first-order chi connectivity index (χ1) is 9.52. The van der Waals surface area contributed by atoms with Crippen LogP contribution in [0.4, 0.5) is 10.8 Å². The van der Waals surface area contributed by atoms with Gasteiger partial charge in [0.25, 0.3) is 0 Å². The largest absolute Gasteiger partial charge is 0.465 e. The number of carbonyl (C=O) groups excluding carboxylic acids is 1. The molecule has 0 aliphatic heterocycles. The second-order valence-electron chi connectivity index (χ2n) is 4.22. The standard InChI is InChI=1S/C13H14BrN3O2S/c1-17(7-8-3-5-9(14)6-4-8)12-10(13(18)19-2)11(15)16-20-12/h3-6H,7H2,1-2H3,(H2,15,16). The molecular weight excluding hydrogens is 342 g/mol. The Morgan fingerprint density at radius 3 is 2.70 bits per heavy atom. The van der Waals surface area contributed by atoms with Crippen molar-refractivity contribution in [3.8, 4) is 0 Å². The monoisotopic (exact) mass is 355 g/mol. The zero-order valence-electron chi connectivity index (χ0n) is 11.1. The fraction of sp³-hybridized carbons (Fsp3) is 0.231. The average Bonchev–Trinajstić information content (AvgIpc) is 2.82. The Hall–Kier alpha value is -1.60. The molecule has 0 saturated carbocycles. The number of anilines is 2. The van der Waals surface area contributed by atoms with Gasteiger partial charge in [-0.3, -0.25) is 0 Å². The van der Waals surface area contributed by atoms with Crippen LogP contribution in [-0.4, -0.2) is 24.5 Å². The Balaban J connectivity index is 2.23. The molecule has 7 heteroatoms. The van der Waals surface area contributed by atoms with Gasteiger partial charge in [0.2, 0.25) is 0 Å². The first kappa shape index (κ1) is 14.8. The van der Waals surface area contributed by atoms with E-state index >= 15 is 0 Å². The molecule has 0 aliphatic rings. The van der Waals surface area contributed by atoms with Gasteiger partial charge in [0.15, 0.2) is 5.82 Å². The summed E-state index contributed by atoms with van der Waals surface area (Å²) in [7, 11) is 3.22. The summed E-state index contributed by atoms with van der Waals surface area (Å²) in [4.78, 5) is 13.7. The summed E-state index contributed by atoms with van der Waals surface area (Å²) in [5.74, 6) is -0.256. The molecule has 1 aromatic carbocycles. The van der Waals surface area contributed by atoms with Gasteiger partial charge in [-0.05, 0) is 29.2 Å². The molecule has 0 saturated heterocycles. The molecule has 0 unspecified atom stereocenters. The second-order valence-corrected chi connectivity index (χ2v) is 5.89. The zero-order chi connectivity index (χ0) is 14.7. The van der Waals surface area contributed by atoms with E-state index in [1.54, 1.807) is 0 Å². The van der Waals surface area contributed by atoms with E-state index in [1.807, 2.05) is 36.2 Å². The number of halogens is 1. The lowest BCUT2D eigenvalue weighted by Gasteiger charge is -2.18. The number of methoxy groups -OCH3 is 1. The third-order valence-corrected chi connectivity index (χ3v) is 4.28. The smallest absolute Gasteiger partial charge is 0.344 e. The SMILES string of the molecule is COC(=O)c1c(N)nsc1N(C)Cc1ccc(Br)cc1. The van der Waals surface area contributed by atoms with Crippen LogP contribution in [0, 0.1) is 0 Å². The van der Waals surface area contributed by atoms with E-state index in [0.717, 1.165) is 10.0 Å². The van der Waals surface area contributed by atoms with Gasteiger partial charge in [0, 0.05) is 18.1 Å². The van der Waals surface area contributed by atoms with Crippen LogP contribution in [0.25, 0.3) is 0 Å². The van der Waals surface area contributed by atoms with Crippen molar-refractivity contribution in [3.63, 3.8) is 0 Å². The van der Waals surface area contributed by atoms with Crippen molar-refractivity contribution in [1.29, 1.82) is 0 Å². The molecule has 0 aliphatic carbocycles. The minimum Gasteiger partial charge on any atom is -0.465 e. The summed E-state index contributed by atoms with van der Waals surface area (Å²) in [6.07, 6.45) is 0. The maximum Gasteiger partial charge on any atom is 0.344 e. The minimum atomic E-state index is -0.464. The Morgan fingerprint density at radius 1 is 1.45 bits per heavy atom. The van der Waals surface area contributed by atoms with Crippen molar-refractivity contribution in [2.45, 2.75) is 6.54 Å². The number of hydrogen-bond acceptors (Lipinski definition) is 6. The summed E-state index contributed by atoms with van der Waals surface area (Å²) < 4.78 is 9.81. The summed E-state index contributed by atoms with van der Waals surface area (Å²) in [5, 5.41) is 0.706. The number of esters is 1. The number of carbonyl (C=O) groups is 1. The average molecular weight is 356 g/mol. The molecule has 106 valence electrons. The number of rotatable bonds is 4. The van der Waals surface area contributed by atoms with Crippen molar-refractivity contribution in [1.82, 2.24) is 4.37 Å². The van der Waals surface area contributed by atoms with Crippen LogP contribution >= 0.6 is 27.5 Å². The Labute approximate surface area is 129 Å². The first-order valence-electron chi connectivity index (χ1n) is 5.82. The number of aromatic nitrogens is 1. The lowest BCUT2D eigenvalue weighted by molar-refractivity contribution is 0.0603. The van der Waals surface area contributed by atoms with Crippen LogP contribution < -0.4 is 10.6 Å². The van der Waals surface area contributed by atoms with E-state index in [-0.39, 0.29) is 5.82 Å². The number of ether oxygens (including phenoxy) is 1. The molecule has 0 radical (unpaired) electrons. The molecule has 0 fully saturated rings. The van der Waals surface area contributed by atoms with Crippen LogP contribution in [0.15, 0.2) is 28.7 Å². The van der Waals surface area contributed by atoms with Crippen LogP contribution in [0.1, 0.15) is 15.9 Å². The van der Waals surface area contributed by atoms with Gasteiger partial charge in [0.1, 0.15) is 10.6 Å². The maximum atomic E-state index is 11.7. The van der Waals surface area contributed by atoms with Gasteiger partial charge < -0.3 is 15.4 Å². The number of nitrogen functional groups attached to an aromatic ring is 1. The highest BCUT2D eigenvalue weighted by Gasteiger charge is 2.22. The Bertz CT molecular complexity index is 613. The fourth-order valence-corrected chi connectivity index (χ4v) is 2.81. The van der Waals surface area contributed by atoms with E-state index in [1.165, 1.54) is 18.6 Å². The van der Waals surface area contributed by atoms with Crippen molar-refractivity contribution in [2.75, 3.05) is 24.8 Å². The lowest BCUT2D eigenvalue weighted by Crippen LogP contribution is -2.18. The fourth-order valence-electron chi connectivity index (χ4n) is 1.78. The molecule has 5 nitrogen and oxygen atoms in total. The van der Waals surface area contributed by atoms with Crippen molar-refractivity contribution in [3.05, 3.63) is 39.9 Å². The molecule has 2 aromatic rings. The Kier molecular flexibility index (Phi) is 4.61. The molecule has 2 rings (SSSR count). The highest BCUT2D eigenvalue weighted by molar-refractivity contribution is 9.10. The molecule has 1 aromatic heterocycles. The zero-order valence-corrected chi connectivity index (χ0v) is 13.5. The lowest BCUT2D eigenvalue weighted by atomic mass is 10.2. The summed E-state index contributed by atoms with van der Waals surface area (Å²) in [5.41, 5.74) is 7.19. The maximum absolute atomic E-state index is 11.7.